The van der Waals surface area contributed by atoms with Crippen LogP contribution in [0.1, 0.15) is 154 Å². The molecule has 12 atom stereocenters. The zero-order chi connectivity index (χ0) is 40.5. The first-order chi connectivity index (χ1) is 28.5. The number of aryl methyl sites for hydroxylation is 2. The molecule has 58 heavy (non-hydrogen) atoms. The molecular weight excluding hydrogens is 772 g/mol. The summed E-state index contributed by atoms with van der Waals surface area (Å²) in [5.74, 6) is 3.86. The Morgan fingerprint density at radius 1 is 0.621 bits per heavy atom. The number of rotatable bonds is 21. The van der Waals surface area contributed by atoms with Crippen LogP contribution in [0, 0.1) is 43.4 Å². The van der Waals surface area contributed by atoms with E-state index in [1.165, 1.54) is 128 Å². The summed E-state index contributed by atoms with van der Waals surface area (Å²) >= 11 is 0. The van der Waals surface area contributed by atoms with Crippen molar-refractivity contribution in [2.75, 3.05) is 12.3 Å². The van der Waals surface area contributed by atoms with E-state index in [2.05, 4.69) is 139 Å². The molecule has 0 N–H and O–H groups in total. The van der Waals surface area contributed by atoms with Crippen molar-refractivity contribution in [3.05, 3.63) is 108 Å². The second kappa shape index (κ2) is 21.5. The smallest absolute Gasteiger partial charge is 0.0808 e. The van der Waals surface area contributed by atoms with Gasteiger partial charge >= 0.3 is 0 Å². The summed E-state index contributed by atoms with van der Waals surface area (Å²) < 4.78 is 0. The number of hydrogen-bond donors (Lipinski definition) is 0. The summed E-state index contributed by atoms with van der Waals surface area (Å²) in [5, 5.41) is 4.05. The molecule has 3 fully saturated rings. The lowest BCUT2D eigenvalue weighted by Crippen LogP contribution is -2.50. The van der Waals surface area contributed by atoms with Gasteiger partial charge in [-0.15, -0.1) is 0 Å². The molecule has 2 saturated carbocycles. The topological polar surface area (TPSA) is 0 Å². The molecule has 2 aromatic rings. The molecular formula is C54H81P4+. The second-order valence-electron chi connectivity index (χ2n) is 19.1. The Balaban J connectivity index is 1.55. The van der Waals surface area contributed by atoms with Crippen LogP contribution in [0.25, 0.3) is 0 Å². The first kappa shape index (κ1) is 45.2. The second-order valence-corrected chi connectivity index (χ2v) is 37.3. The summed E-state index contributed by atoms with van der Waals surface area (Å²) in [6.07, 6.45) is 49.8. The number of fused-ring (bicyclic) bond motifs is 1. The predicted molar refractivity (Wildman–Crippen MR) is 269 cm³/mol. The molecule has 1 heterocycles. The average Bonchev–Trinajstić information content (AvgIpc) is 3.77. The lowest BCUT2D eigenvalue weighted by molar-refractivity contribution is 0.472. The van der Waals surface area contributed by atoms with Crippen molar-refractivity contribution < 1.29 is 0 Å². The van der Waals surface area contributed by atoms with Crippen molar-refractivity contribution in [2.45, 2.75) is 174 Å². The van der Waals surface area contributed by atoms with E-state index in [0.29, 0.717) is 5.92 Å². The Morgan fingerprint density at radius 2 is 1.29 bits per heavy atom. The molecule has 0 amide bonds. The third-order valence-corrected chi connectivity index (χ3v) is 46.7. The van der Waals surface area contributed by atoms with Gasteiger partial charge in [0.2, 0.25) is 0 Å². The van der Waals surface area contributed by atoms with Gasteiger partial charge in [0.1, 0.15) is 0 Å². The Bertz CT molecular complexity index is 1720. The highest BCUT2D eigenvalue weighted by Gasteiger charge is 2.78. The molecule has 2 aromatic carbocycles. The summed E-state index contributed by atoms with van der Waals surface area (Å²) in [5.41, 5.74) is 4.96. The Kier molecular flexibility index (Phi) is 16.7. The monoisotopic (exact) mass is 854 g/mol. The van der Waals surface area contributed by atoms with Crippen molar-refractivity contribution in [3.63, 3.8) is 0 Å². The molecule has 1 saturated heterocycles. The van der Waals surface area contributed by atoms with Gasteiger partial charge in [0.15, 0.2) is 0 Å². The van der Waals surface area contributed by atoms with E-state index in [1.54, 1.807) is 11.1 Å². The van der Waals surface area contributed by atoms with Crippen LogP contribution >= 0.6 is 29.2 Å². The van der Waals surface area contributed by atoms with Gasteiger partial charge in [0.25, 0.3) is 0 Å². The van der Waals surface area contributed by atoms with Crippen molar-refractivity contribution >= 4 is 39.8 Å². The molecule has 5 aliphatic rings. The van der Waals surface area contributed by atoms with E-state index >= 15 is 0 Å². The number of benzene rings is 2. The maximum Gasteiger partial charge on any atom is 0.0999 e. The van der Waals surface area contributed by atoms with Crippen molar-refractivity contribution in [3.8, 4) is 0 Å². The fraction of sp³-hybridized carbons (Fsp3) is 0.630. The van der Waals surface area contributed by atoms with Gasteiger partial charge < -0.3 is 0 Å². The minimum absolute atomic E-state index is 0.227. The quantitative estimate of drug-likeness (QED) is 0.0867. The lowest BCUT2D eigenvalue weighted by Gasteiger charge is -2.62. The van der Waals surface area contributed by atoms with Crippen LogP contribution in [0.3, 0.4) is 0 Å². The van der Waals surface area contributed by atoms with E-state index in [-0.39, 0.29) is 27.4 Å². The standard InChI is InChI=1S/C54H81P4/c1-7-11-14-16-18-28-40-58(51-37-24-20-31-44(51)6)53-47(32-13-9-3)42-48-34-25-26-38-54(48,53)56(50-36-23-19-30-43(50)5)55(39-27-17-15-12-8-2)57(58)52-46(29-10-4)41-45-33-21-22-35-49(45)52/h19-26,30-31,33-38,45-49,52-53H,7-18,27-29,32,39-42H2,1-6H3/q+1. The zero-order valence-corrected chi connectivity index (χ0v) is 41.3. The molecule has 0 radical (unpaired) electrons. The highest BCUT2D eigenvalue weighted by Crippen LogP contribution is 3.13. The normalized spacial score (nSPS) is 34.7. The summed E-state index contributed by atoms with van der Waals surface area (Å²) in [7, 11) is -0.863. The first-order valence-electron chi connectivity index (χ1n) is 24.6. The summed E-state index contributed by atoms with van der Waals surface area (Å²) in [6.45, 7) is 13.1. The van der Waals surface area contributed by atoms with Crippen molar-refractivity contribution in [1.82, 2.24) is 0 Å². The molecule has 4 aliphatic carbocycles. The Labute approximate surface area is 361 Å². The average molecular weight is 854 g/mol. The van der Waals surface area contributed by atoms with E-state index in [4.69, 9.17) is 0 Å². The van der Waals surface area contributed by atoms with Crippen LogP contribution in [0.15, 0.2) is 97.1 Å². The van der Waals surface area contributed by atoms with E-state index < -0.39 is 6.95 Å². The fourth-order valence-electron chi connectivity index (χ4n) is 12.9. The third-order valence-electron chi connectivity index (χ3n) is 15.3. The van der Waals surface area contributed by atoms with Gasteiger partial charge in [0.05, 0.1) is 36.5 Å². The lowest BCUT2D eigenvalue weighted by atomic mass is 9.90. The highest BCUT2D eigenvalue weighted by atomic mass is 32.7. The van der Waals surface area contributed by atoms with E-state index in [9.17, 15) is 0 Å². The SMILES string of the molecule is CCCCCCCC[P+]1(c2ccccc2C)C2C(CCCC)CC3C=CC=CC32P(c2ccccc2C)P(CCCCCCC)P1C1C(CCC)CC2C=CC=CC21. The zero-order valence-electron chi connectivity index (χ0n) is 37.7. The molecule has 0 aromatic heterocycles. The maximum atomic E-state index is 2.99. The molecule has 12 unspecified atom stereocenters. The van der Waals surface area contributed by atoms with E-state index in [0.717, 1.165) is 35.0 Å². The minimum atomic E-state index is -1.74. The number of hydrogen-bond acceptors (Lipinski definition) is 0. The summed E-state index contributed by atoms with van der Waals surface area (Å²) in [6, 6.07) is 20.3. The van der Waals surface area contributed by atoms with Gasteiger partial charge in [-0.05, 0) is 132 Å². The first-order valence-corrected chi connectivity index (χ1v) is 33.0. The molecule has 316 valence electrons. The van der Waals surface area contributed by atoms with Gasteiger partial charge in [-0.3, -0.25) is 0 Å². The van der Waals surface area contributed by atoms with Gasteiger partial charge in [-0.25, -0.2) is 0 Å². The van der Waals surface area contributed by atoms with Crippen LogP contribution < -0.4 is 10.6 Å². The molecule has 0 bridgehead atoms. The number of unbranched alkanes of at least 4 members (excludes halogenated alkanes) is 10. The third kappa shape index (κ3) is 8.84. The largest absolute Gasteiger partial charge is 0.0999 e. The van der Waals surface area contributed by atoms with Gasteiger partial charge in [0, 0.05) is 5.66 Å². The minimum Gasteiger partial charge on any atom is -0.0808 e. The maximum absolute atomic E-state index is 2.99. The Hall–Kier alpha value is -0.880. The van der Waals surface area contributed by atoms with Crippen molar-refractivity contribution in [2.24, 2.45) is 29.6 Å². The van der Waals surface area contributed by atoms with Crippen molar-refractivity contribution in [1.29, 1.82) is 0 Å². The van der Waals surface area contributed by atoms with Crippen LogP contribution in [-0.4, -0.2) is 28.8 Å². The molecule has 1 spiro atoms. The van der Waals surface area contributed by atoms with Crippen LogP contribution in [0.5, 0.6) is 0 Å². The molecule has 7 rings (SSSR count). The van der Waals surface area contributed by atoms with E-state index in [1.807, 2.05) is 10.6 Å². The highest BCUT2D eigenvalue weighted by molar-refractivity contribution is 8.82. The molecule has 0 nitrogen and oxygen atoms in total. The predicted octanol–water partition coefficient (Wildman–Crippen LogP) is 17.4. The summed E-state index contributed by atoms with van der Waals surface area (Å²) in [4.78, 5) is 0. The fourth-order valence-corrected chi connectivity index (χ4v) is 59.8. The molecule has 1 aliphatic heterocycles. The van der Waals surface area contributed by atoms with Crippen LogP contribution in [0.4, 0.5) is 0 Å². The van der Waals surface area contributed by atoms with Crippen LogP contribution in [0.2, 0.25) is 0 Å². The van der Waals surface area contributed by atoms with Gasteiger partial charge in [-0.1, -0.05) is 189 Å². The molecule has 4 heteroatoms. The number of allylic oxidation sites excluding steroid dienone is 8. The van der Waals surface area contributed by atoms with Crippen LogP contribution in [-0.2, 0) is 0 Å². The van der Waals surface area contributed by atoms with Gasteiger partial charge in [-0.2, -0.15) is 0 Å². The Morgan fingerprint density at radius 3 is 2.03 bits per heavy atom.